The summed E-state index contributed by atoms with van der Waals surface area (Å²) in [5, 5.41) is 12.1. The van der Waals surface area contributed by atoms with E-state index in [2.05, 4.69) is 15.5 Å². The molecule has 0 aliphatic rings. The number of nitrogens with zero attached hydrogens (tertiary/aromatic N) is 3. The van der Waals surface area contributed by atoms with Crippen molar-refractivity contribution in [2.45, 2.75) is 11.7 Å². The molecule has 0 saturated heterocycles. The van der Waals surface area contributed by atoms with Gasteiger partial charge in [0, 0.05) is 11.3 Å². The van der Waals surface area contributed by atoms with Crippen LogP contribution in [0, 0.1) is 5.82 Å². The third-order valence-corrected chi connectivity index (χ3v) is 5.36. The lowest BCUT2D eigenvalue weighted by atomic mass is 10.2. The van der Waals surface area contributed by atoms with Gasteiger partial charge in [-0.1, -0.05) is 60.3 Å². The second-order valence-corrected chi connectivity index (χ2v) is 7.53. The first-order valence-corrected chi connectivity index (χ1v) is 10.4. The van der Waals surface area contributed by atoms with Crippen molar-refractivity contribution in [3.63, 3.8) is 0 Å². The molecule has 150 valence electrons. The van der Waals surface area contributed by atoms with Gasteiger partial charge in [0.25, 0.3) is 0 Å². The van der Waals surface area contributed by atoms with Gasteiger partial charge in [0.15, 0.2) is 11.0 Å². The Hall–Kier alpha value is -3.45. The fraction of sp³-hybridized carbons (Fsp3) is 0.0870. The zero-order valence-corrected chi connectivity index (χ0v) is 16.8. The molecule has 0 saturated carbocycles. The molecule has 0 fully saturated rings. The summed E-state index contributed by atoms with van der Waals surface area (Å²) in [6.07, 6.45) is 0. The number of hydrogen-bond donors (Lipinski definition) is 1. The first kappa shape index (κ1) is 19.8. The summed E-state index contributed by atoms with van der Waals surface area (Å²) in [5.74, 6) is 0.402. The molecule has 0 unspecified atom stereocenters. The van der Waals surface area contributed by atoms with Crippen LogP contribution in [-0.4, -0.2) is 26.4 Å². The minimum Gasteiger partial charge on any atom is -0.325 e. The quantitative estimate of drug-likeness (QED) is 0.435. The molecule has 0 bridgehead atoms. The van der Waals surface area contributed by atoms with Crippen molar-refractivity contribution in [3.05, 3.63) is 96.3 Å². The van der Waals surface area contributed by atoms with E-state index in [0.29, 0.717) is 17.5 Å². The monoisotopic (exact) mass is 418 g/mol. The van der Waals surface area contributed by atoms with Gasteiger partial charge in [-0.15, -0.1) is 10.2 Å². The smallest absolute Gasteiger partial charge is 0.234 e. The van der Waals surface area contributed by atoms with E-state index in [1.165, 1.54) is 23.9 Å². The molecule has 0 radical (unpaired) electrons. The van der Waals surface area contributed by atoms with Gasteiger partial charge in [-0.2, -0.15) is 0 Å². The molecule has 1 heterocycles. The van der Waals surface area contributed by atoms with Crippen LogP contribution in [0.4, 0.5) is 10.1 Å². The molecule has 0 aliphatic carbocycles. The Morgan fingerprint density at radius 2 is 1.57 bits per heavy atom. The number of carbonyl (C=O) groups is 1. The molecular weight excluding hydrogens is 399 g/mol. The molecule has 4 rings (SSSR count). The zero-order chi connectivity index (χ0) is 20.8. The summed E-state index contributed by atoms with van der Waals surface area (Å²) < 4.78 is 15.3. The average molecular weight is 418 g/mol. The number of halogens is 1. The number of aromatic nitrogens is 3. The van der Waals surface area contributed by atoms with E-state index in [9.17, 15) is 9.18 Å². The first-order valence-electron chi connectivity index (χ1n) is 9.40. The second kappa shape index (κ2) is 9.37. The molecule has 1 aromatic heterocycles. The highest BCUT2D eigenvalue weighted by atomic mass is 32.2. The van der Waals surface area contributed by atoms with Crippen molar-refractivity contribution in [2.24, 2.45) is 0 Å². The maximum Gasteiger partial charge on any atom is 0.234 e. The van der Waals surface area contributed by atoms with Gasteiger partial charge in [-0.3, -0.25) is 9.36 Å². The summed E-state index contributed by atoms with van der Waals surface area (Å²) in [6, 6.07) is 25.4. The molecule has 0 aliphatic heterocycles. The van der Waals surface area contributed by atoms with Crippen LogP contribution >= 0.6 is 11.8 Å². The summed E-state index contributed by atoms with van der Waals surface area (Å²) in [5.41, 5.74) is 2.59. The molecular formula is C23H19FN4OS. The minimum absolute atomic E-state index is 0.121. The molecule has 0 spiro atoms. The maximum absolute atomic E-state index is 13.4. The van der Waals surface area contributed by atoms with Crippen LogP contribution in [0.5, 0.6) is 0 Å². The van der Waals surface area contributed by atoms with Crippen molar-refractivity contribution in [1.82, 2.24) is 14.8 Å². The normalized spacial score (nSPS) is 10.7. The van der Waals surface area contributed by atoms with Gasteiger partial charge in [-0.05, 0) is 42.0 Å². The Morgan fingerprint density at radius 1 is 0.900 bits per heavy atom. The zero-order valence-electron chi connectivity index (χ0n) is 16.0. The third-order valence-electron chi connectivity index (χ3n) is 4.39. The summed E-state index contributed by atoms with van der Waals surface area (Å²) in [7, 11) is 0. The SMILES string of the molecule is O=C(CSc1nnc(-c2ccc(F)cc2)n1Cc1ccccc1)Nc1ccccc1. The largest absolute Gasteiger partial charge is 0.325 e. The van der Waals surface area contributed by atoms with Gasteiger partial charge < -0.3 is 5.32 Å². The maximum atomic E-state index is 13.4. The lowest BCUT2D eigenvalue weighted by Gasteiger charge is -2.11. The van der Waals surface area contributed by atoms with Crippen LogP contribution in [0.1, 0.15) is 5.56 Å². The average Bonchev–Trinajstić information content (AvgIpc) is 3.16. The molecule has 1 N–H and O–H groups in total. The highest BCUT2D eigenvalue weighted by Crippen LogP contribution is 2.25. The number of carbonyl (C=O) groups excluding carboxylic acids is 1. The second-order valence-electron chi connectivity index (χ2n) is 6.59. The third kappa shape index (κ3) is 4.93. The number of nitrogens with one attached hydrogen (secondary N) is 1. The number of amides is 1. The minimum atomic E-state index is -0.306. The van der Waals surface area contributed by atoms with Crippen LogP contribution in [-0.2, 0) is 11.3 Å². The van der Waals surface area contributed by atoms with E-state index in [-0.39, 0.29) is 17.5 Å². The van der Waals surface area contributed by atoms with E-state index in [1.54, 1.807) is 12.1 Å². The molecule has 0 atom stereocenters. The highest BCUT2D eigenvalue weighted by Gasteiger charge is 2.16. The Labute approximate surface area is 178 Å². The lowest BCUT2D eigenvalue weighted by molar-refractivity contribution is -0.113. The number of rotatable bonds is 7. The molecule has 1 amide bonds. The van der Waals surface area contributed by atoms with Gasteiger partial charge >= 0.3 is 0 Å². The molecule has 3 aromatic carbocycles. The van der Waals surface area contributed by atoms with Crippen molar-refractivity contribution in [2.75, 3.05) is 11.1 Å². The number of benzene rings is 3. The Bertz CT molecular complexity index is 1120. The fourth-order valence-electron chi connectivity index (χ4n) is 2.97. The number of para-hydroxylation sites is 1. The predicted molar refractivity (Wildman–Crippen MR) is 117 cm³/mol. The van der Waals surface area contributed by atoms with Crippen molar-refractivity contribution in [3.8, 4) is 11.4 Å². The predicted octanol–water partition coefficient (Wildman–Crippen LogP) is 4.86. The van der Waals surface area contributed by atoms with E-state index in [0.717, 1.165) is 16.8 Å². The van der Waals surface area contributed by atoms with E-state index < -0.39 is 0 Å². The number of anilines is 1. The highest BCUT2D eigenvalue weighted by molar-refractivity contribution is 7.99. The van der Waals surface area contributed by atoms with Crippen molar-refractivity contribution >= 4 is 23.4 Å². The van der Waals surface area contributed by atoms with Crippen LogP contribution in [0.15, 0.2) is 90.1 Å². The Balaban J connectivity index is 1.55. The lowest BCUT2D eigenvalue weighted by Crippen LogP contribution is -2.14. The van der Waals surface area contributed by atoms with Crippen LogP contribution in [0.2, 0.25) is 0 Å². The van der Waals surface area contributed by atoms with Gasteiger partial charge in [0.1, 0.15) is 5.82 Å². The molecule has 7 heteroatoms. The summed E-state index contributed by atoms with van der Waals surface area (Å²) in [4.78, 5) is 12.3. The number of hydrogen-bond acceptors (Lipinski definition) is 4. The van der Waals surface area contributed by atoms with Crippen LogP contribution in [0.3, 0.4) is 0 Å². The van der Waals surface area contributed by atoms with Gasteiger partial charge in [-0.25, -0.2) is 4.39 Å². The summed E-state index contributed by atoms with van der Waals surface area (Å²) >= 11 is 1.32. The van der Waals surface area contributed by atoms with Crippen LogP contribution in [0.25, 0.3) is 11.4 Å². The standard InChI is InChI=1S/C23H19FN4OS/c24-19-13-11-18(12-14-19)22-26-27-23(28(22)15-17-7-3-1-4-8-17)30-16-21(29)25-20-9-5-2-6-10-20/h1-14H,15-16H2,(H,25,29). The molecule has 30 heavy (non-hydrogen) atoms. The first-order chi connectivity index (χ1) is 14.7. The van der Waals surface area contributed by atoms with E-state index in [4.69, 9.17) is 0 Å². The number of thioether (sulfide) groups is 1. The fourth-order valence-corrected chi connectivity index (χ4v) is 3.70. The van der Waals surface area contributed by atoms with Crippen molar-refractivity contribution in [1.29, 1.82) is 0 Å². The van der Waals surface area contributed by atoms with Gasteiger partial charge in [0.05, 0.1) is 12.3 Å². The topological polar surface area (TPSA) is 59.8 Å². The van der Waals surface area contributed by atoms with Gasteiger partial charge in [0.2, 0.25) is 5.91 Å². The van der Waals surface area contributed by atoms with Crippen LogP contribution < -0.4 is 5.32 Å². The van der Waals surface area contributed by atoms with E-state index >= 15 is 0 Å². The van der Waals surface area contributed by atoms with E-state index in [1.807, 2.05) is 65.2 Å². The van der Waals surface area contributed by atoms with Crippen molar-refractivity contribution < 1.29 is 9.18 Å². The Morgan fingerprint density at radius 3 is 2.27 bits per heavy atom. The summed E-state index contributed by atoms with van der Waals surface area (Å²) in [6.45, 7) is 0.545. The Kier molecular flexibility index (Phi) is 6.20. The molecule has 5 nitrogen and oxygen atoms in total. The molecule has 4 aromatic rings.